The van der Waals surface area contributed by atoms with Gasteiger partial charge in [0, 0.05) is 24.1 Å². The molecule has 1 saturated heterocycles. The van der Waals surface area contributed by atoms with Crippen LogP contribution in [0.2, 0.25) is 0 Å². The molecule has 0 radical (unpaired) electrons. The van der Waals surface area contributed by atoms with E-state index in [1.54, 1.807) is 4.90 Å². The summed E-state index contributed by atoms with van der Waals surface area (Å²) in [7, 11) is 0. The first kappa shape index (κ1) is 16.0. The molecule has 128 valence electrons. The Bertz CT molecular complexity index is 817. The minimum Gasteiger partial charge on any atom is -0.356 e. The number of rotatable bonds is 3. The molecule has 2 aromatic carbocycles. The van der Waals surface area contributed by atoms with E-state index in [-0.39, 0.29) is 24.2 Å². The normalized spacial score (nSPS) is 25.5. The van der Waals surface area contributed by atoms with E-state index in [2.05, 4.69) is 6.92 Å². The summed E-state index contributed by atoms with van der Waals surface area (Å²) in [4.78, 5) is 27.6. The number of ether oxygens (including phenoxy) is 1. The van der Waals surface area contributed by atoms with Crippen LogP contribution in [-0.4, -0.2) is 17.8 Å². The number of ketones is 1. The maximum Gasteiger partial charge on any atom is 0.269 e. The van der Waals surface area contributed by atoms with E-state index >= 15 is 0 Å². The van der Waals surface area contributed by atoms with E-state index in [9.17, 15) is 9.59 Å². The highest BCUT2D eigenvalue weighted by Crippen LogP contribution is 2.50. The number of amides is 1. The zero-order chi connectivity index (χ0) is 17.4. The quantitative estimate of drug-likeness (QED) is 0.848. The molecule has 1 spiro atoms. The third-order valence-electron chi connectivity index (χ3n) is 5.02. The van der Waals surface area contributed by atoms with Crippen molar-refractivity contribution in [2.24, 2.45) is 0 Å². The van der Waals surface area contributed by atoms with Gasteiger partial charge >= 0.3 is 0 Å². The average Bonchev–Trinajstić information content (AvgIpc) is 2.84. The van der Waals surface area contributed by atoms with Gasteiger partial charge in [0.2, 0.25) is 0 Å². The number of anilines is 2. The number of carbonyl (C=O) groups excluding carboxylic acids is 2. The molecule has 0 aromatic heterocycles. The summed E-state index contributed by atoms with van der Waals surface area (Å²) < 4.78 is 6.32. The van der Waals surface area contributed by atoms with Gasteiger partial charge in [-0.1, -0.05) is 49.7 Å². The van der Waals surface area contributed by atoms with Crippen molar-refractivity contribution in [3.63, 3.8) is 0 Å². The standard InChI is InChI=1S/C21H21NO3/c1-2-8-17-13-16(23)14-21(25-17)18-11-6-7-12-19(18)22(20(21)24)15-9-4-3-5-10-15/h3-7,9-12,17H,2,8,13-14H2,1H3/t17-,21-/m1/s1. The lowest BCUT2D eigenvalue weighted by atomic mass is 9.84. The SMILES string of the molecule is CCC[C@@H]1CC(=O)C[C@]2(O1)C(=O)N(c1ccccc1)c1ccccc12. The summed E-state index contributed by atoms with van der Waals surface area (Å²) in [5.74, 6) is -0.0585. The Morgan fingerprint density at radius 3 is 2.56 bits per heavy atom. The summed E-state index contributed by atoms with van der Waals surface area (Å²) in [6, 6.07) is 17.2. The Morgan fingerprint density at radius 1 is 1.08 bits per heavy atom. The predicted molar refractivity (Wildman–Crippen MR) is 95.7 cm³/mol. The molecule has 2 atom stereocenters. The molecule has 0 saturated carbocycles. The van der Waals surface area contributed by atoms with E-state index < -0.39 is 5.60 Å². The van der Waals surface area contributed by atoms with Crippen LogP contribution in [0, 0.1) is 0 Å². The molecule has 0 unspecified atom stereocenters. The van der Waals surface area contributed by atoms with Crippen LogP contribution < -0.4 is 4.90 Å². The van der Waals surface area contributed by atoms with Gasteiger partial charge in [0.1, 0.15) is 5.78 Å². The number of carbonyl (C=O) groups is 2. The maximum absolute atomic E-state index is 13.5. The van der Waals surface area contributed by atoms with Crippen LogP contribution in [0.25, 0.3) is 0 Å². The first-order chi connectivity index (χ1) is 12.2. The highest BCUT2D eigenvalue weighted by atomic mass is 16.5. The molecular formula is C21H21NO3. The van der Waals surface area contributed by atoms with Crippen LogP contribution >= 0.6 is 0 Å². The third-order valence-corrected chi connectivity index (χ3v) is 5.02. The predicted octanol–water partition coefficient (Wildman–Crippen LogP) is 4.11. The van der Waals surface area contributed by atoms with Crippen LogP contribution in [0.15, 0.2) is 54.6 Å². The molecular weight excluding hydrogens is 314 g/mol. The molecule has 0 aliphatic carbocycles. The van der Waals surface area contributed by atoms with Crippen molar-refractivity contribution >= 4 is 23.1 Å². The summed E-state index contributed by atoms with van der Waals surface area (Å²) in [5.41, 5.74) is 1.23. The largest absolute Gasteiger partial charge is 0.356 e. The fourth-order valence-electron chi connectivity index (χ4n) is 3.99. The van der Waals surface area contributed by atoms with Crippen molar-refractivity contribution in [1.82, 2.24) is 0 Å². The molecule has 1 fully saturated rings. The van der Waals surface area contributed by atoms with Crippen molar-refractivity contribution in [3.05, 3.63) is 60.2 Å². The molecule has 0 bridgehead atoms. The van der Waals surface area contributed by atoms with Crippen molar-refractivity contribution < 1.29 is 14.3 Å². The lowest BCUT2D eigenvalue weighted by molar-refractivity contribution is -0.171. The van der Waals surface area contributed by atoms with E-state index in [0.717, 1.165) is 29.8 Å². The molecule has 2 aromatic rings. The van der Waals surface area contributed by atoms with E-state index in [1.807, 2.05) is 54.6 Å². The molecule has 2 aliphatic rings. The van der Waals surface area contributed by atoms with Crippen molar-refractivity contribution in [1.29, 1.82) is 0 Å². The highest BCUT2D eigenvalue weighted by molar-refractivity contribution is 6.13. The minimum atomic E-state index is -1.18. The van der Waals surface area contributed by atoms with Gasteiger partial charge in [-0.2, -0.15) is 0 Å². The monoisotopic (exact) mass is 335 g/mol. The number of hydrogen-bond acceptors (Lipinski definition) is 3. The van der Waals surface area contributed by atoms with Crippen molar-refractivity contribution in [2.75, 3.05) is 4.90 Å². The fraction of sp³-hybridized carbons (Fsp3) is 0.333. The van der Waals surface area contributed by atoms with Gasteiger partial charge in [-0.25, -0.2) is 0 Å². The first-order valence-corrected chi connectivity index (χ1v) is 8.84. The summed E-state index contributed by atoms with van der Waals surface area (Å²) in [6.45, 7) is 2.07. The summed E-state index contributed by atoms with van der Waals surface area (Å²) >= 11 is 0. The van der Waals surface area contributed by atoms with Crippen molar-refractivity contribution in [2.45, 2.75) is 44.3 Å². The van der Waals surface area contributed by atoms with Crippen LogP contribution in [0.1, 0.15) is 38.2 Å². The van der Waals surface area contributed by atoms with Crippen molar-refractivity contribution in [3.8, 4) is 0 Å². The lowest BCUT2D eigenvalue weighted by Gasteiger charge is -2.37. The van der Waals surface area contributed by atoms with Crippen LogP contribution in [0.4, 0.5) is 11.4 Å². The third kappa shape index (κ3) is 2.48. The Labute approximate surface area is 147 Å². The zero-order valence-electron chi connectivity index (χ0n) is 14.3. The second-order valence-electron chi connectivity index (χ2n) is 6.77. The Hall–Kier alpha value is -2.46. The van der Waals surface area contributed by atoms with E-state index in [1.165, 1.54) is 0 Å². The summed E-state index contributed by atoms with van der Waals surface area (Å²) in [5, 5.41) is 0. The average molecular weight is 335 g/mol. The Balaban J connectivity index is 1.84. The van der Waals surface area contributed by atoms with E-state index in [4.69, 9.17) is 4.74 Å². The first-order valence-electron chi connectivity index (χ1n) is 8.84. The number of nitrogens with zero attached hydrogens (tertiary/aromatic N) is 1. The van der Waals surface area contributed by atoms with Gasteiger partial charge in [-0.15, -0.1) is 0 Å². The second-order valence-corrected chi connectivity index (χ2v) is 6.77. The minimum absolute atomic E-state index is 0.0998. The molecule has 0 N–H and O–H groups in total. The molecule has 4 rings (SSSR count). The number of hydrogen-bond donors (Lipinski definition) is 0. The number of benzene rings is 2. The van der Waals surface area contributed by atoms with Gasteiger partial charge in [0.05, 0.1) is 11.8 Å². The van der Waals surface area contributed by atoms with Gasteiger partial charge in [0.25, 0.3) is 5.91 Å². The molecule has 25 heavy (non-hydrogen) atoms. The van der Waals surface area contributed by atoms with Gasteiger partial charge < -0.3 is 4.74 Å². The maximum atomic E-state index is 13.5. The Morgan fingerprint density at radius 2 is 1.80 bits per heavy atom. The number of fused-ring (bicyclic) bond motifs is 2. The van der Waals surface area contributed by atoms with Crippen LogP contribution in [-0.2, 0) is 19.9 Å². The smallest absolute Gasteiger partial charge is 0.269 e. The van der Waals surface area contributed by atoms with Gasteiger partial charge in [-0.3, -0.25) is 14.5 Å². The van der Waals surface area contributed by atoms with Crippen LogP contribution in [0.5, 0.6) is 0 Å². The second kappa shape index (κ2) is 6.12. The van der Waals surface area contributed by atoms with Gasteiger partial charge in [-0.05, 0) is 24.6 Å². The summed E-state index contributed by atoms with van der Waals surface area (Å²) in [6.07, 6.45) is 2.03. The lowest BCUT2D eigenvalue weighted by Crippen LogP contribution is -2.48. The number of Topliss-reactive ketones (excluding diaryl/α,β-unsaturated/α-hetero) is 1. The molecule has 2 heterocycles. The number of para-hydroxylation sites is 2. The van der Waals surface area contributed by atoms with E-state index in [0.29, 0.717) is 6.42 Å². The van der Waals surface area contributed by atoms with Crippen LogP contribution in [0.3, 0.4) is 0 Å². The topological polar surface area (TPSA) is 46.6 Å². The Kier molecular flexibility index (Phi) is 3.92. The molecule has 4 heteroatoms. The highest BCUT2D eigenvalue weighted by Gasteiger charge is 2.56. The molecule has 1 amide bonds. The van der Waals surface area contributed by atoms with Gasteiger partial charge in [0.15, 0.2) is 5.60 Å². The molecule has 4 nitrogen and oxygen atoms in total. The fourth-order valence-corrected chi connectivity index (χ4v) is 3.99. The zero-order valence-corrected chi connectivity index (χ0v) is 14.3. The molecule has 2 aliphatic heterocycles.